The number of hydrogen-bond acceptors (Lipinski definition) is 4. The minimum Gasteiger partial charge on any atom is -0.494 e. The monoisotopic (exact) mass is 372 g/mol. The van der Waals surface area contributed by atoms with E-state index in [-0.39, 0.29) is 0 Å². The number of rotatable bonds is 5. The van der Waals surface area contributed by atoms with Crippen LogP contribution in [-0.2, 0) is 6.42 Å². The number of anilines is 1. The quantitative estimate of drug-likeness (QED) is 0.413. The van der Waals surface area contributed by atoms with E-state index < -0.39 is 0 Å². The third-order valence-electron chi connectivity index (χ3n) is 4.73. The summed E-state index contributed by atoms with van der Waals surface area (Å²) in [6.07, 6.45) is 0.968. The van der Waals surface area contributed by atoms with E-state index in [4.69, 9.17) is 4.74 Å². The van der Waals surface area contributed by atoms with Gasteiger partial charge in [0.15, 0.2) is 0 Å². The van der Waals surface area contributed by atoms with Crippen molar-refractivity contribution in [3.8, 4) is 16.9 Å². The molecule has 0 unspecified atom stereocenters. The molecule has 0 aliphatic heterocycles. The van der Waals surface area contributed by atoms with Crippen LogP contribution in [-0.4, -0.2) is 11.6 Å². The van der Waals surface area contributed by atoms with Gasteiger partial charge in [-0.2, -0.15) is 5.43 Å². The molecule has 0 atom stereocenters. The van der Waals surface area contributed by atoms with Gasteiger partial charge in [0.1, 0.15) is 5.75 Å². The average Bonchev–Trinajstić information content (AvgIpc) is 3.26. The first-order valence-corrected chi connectivity index (χ1v) is 9.83. The lowest BCUT2D eigenvalue weighted by molar-refractivity contribution is 0.341. The van der Waals surface area contributed by atoms with Crippen LogP contribution >= 0.6 is 11.3 Å². The third-order valence-corrected chi connectivity index (χ3v) is 5.65. The molecule has 3 aromatic carbocycles. The van der Waals surface area contributed by atoms with Crippen LogP contribution in [0.3, 0.4) is 0 Å². The maximum atomic E-state index is 5.56. The van der Waals surface area contributed by atoms with Crippen molar-refractivity contribution < 1.29 is 4.74 Å². The summed E-state index contributed by atoms with van der Waals surface area (Å²) >= 11 is 1.58. The molecule has 27 heavy (non-hydrogen) atoms. The van der Waals surface area contributed by atoms with Gasteiger partial charge in [0, 0.05) is 0 Å². The maximum Gasteiger partial charge on any atom is 0.204 e. The number of benzene rings is 3. The van der Waals surface area contributed by atoms with Crippen molar-refractivity contribution in [1.82, 2.24) is 10.4 Å². The Hall–Kier alpha value is -3.05. The van der Waals surface area contributed by atoms with E-state index in [1.165, 1.54) is 22.3 Å². The summed E-state index contributed by atoms with van der Waals surface area (Å²) in [4.78, 5) is 4.59. The summed E-state index contributed by atoms with van der Waals surface area (Å²) < 4.78 is 6.64. The number of ether oxygens (including phenoxy) is 1. The first-order chi connectivity index (χ1) is 13.3. The Labute approximate surface area is 161 Å². The smallest absolute Gasteiger partial charge is 0.204 e. The standard InChI is InChI=1S/C22H18N3OS/c1-2-26-17-8-10-20-21(13-17)27-22(23-20)25-24-16-7-9-19-15(12-16)11-14-5-3-4-6-18(14)19/h3-10,12-13H,2,11H2,1H3,(H,23,25). The fourth-order valence-electron chi connectivity index (χ4n) is 3.52. The van der Waals surface area contributed by atoms with Gasteiger partial charge in [-0.15, -0.1) is 0 Å². The molecule has 0 saturated carbocycles. The van der Waals surface area contributed by atoms with E-state index in [9.17, 15) is 0 Å². The SMILES string of the molecule is CCOc1ccc2nc(N[N]c3ccc4c(c3)Cc3ccccc3-4)sc2c1. The predicted molar refractivity (Wildman–Crippen MR) is 111 cm³/mol. The summed E-state index contributed by atoms with van der Waals surface area (Å²) in [7, 11) is 0. The number of aromatic nitrogens is 1. The van der Waals surface area contributed by atoms with Crippen molar-refractivity contribution in [3.63, 3.8) is 0 Å². The molecule has 1 aliphatic rings. The molecule has 5 rings (SSSR count). The summed E-state index contributed by atoms with van der Waals surface area (Å²) in [6, 6.07) is 20.9. The van der Waals surface area contributed by atoms with Crippen molar-refractivity contribution in [2.45, 2.75) is 13.3 Å². The van der Waals surface area contributed by atoms with Crippen LogP contribution in [0.25, 0.3) is 21.3 Å². The molecule has 1 N–H and O–H groups in total. The van der Waals surface area contributed by atoms with E-state index in [0.29, 0.717) is 6.61 Å². The number of fused-ring (bicyclic) bond motifs is 4. The van der Waals surface area contributed by atoms with Crippen LogP contribution in [0.2, 0.25) is 0 Å². The molecule has 5 heteroatoms. The van der Waals surface area contributed by atoms with Gasteiger partial charge < -0.3 is 4.74 Å². The largest absolute Gasteiger partial charge is 0.494 e. The van der Waals surface area contributed by atoms with E-state index >= 15 is 0 Å². The molecule has 1 radical (unpaired) electrons. The average molecular weight is 372 g/mol. The summed E-state index contributed by atoms with van der Waals surface area (Å²) in [5.41, 5.74) is 14.9. The van der Waals surface area contributed by atoms with Crippen LogP contribution in [0.15, 0.2) is 60.7 Å². The van der Waals surface area contributed by atoms with Crippen molar-refractivity contribution in [3.05, 3.63) is 71.8 Å². The predicted octanol–water partition coefficient (Wildman–Crippen LogP) is 5.53. The Balaban J connectivity index is 1.33. The minimum absolute atomic E-state index is 0.660. The Kier molecular flexibility index (Phi) is 3.94. The van der Waals surface area contributed by atoms with Crippen molar-refractivity contribution in [2.75, 3.05) is 12.0 Å². The van der Waals surface area contributed by atoms with E-state index in [0.717, 1.165) is 33.2 Å². The fourth-order valence-corrected chi connectivity index (χ4v) is 4.36. The number of thiazole rings is 1. The Bertz CT molecular complexity index is 1140. The zero-order valence-corrected chi connectivity index (χ0v) is 15.7. The molecule has 4 aromatic rings. The second kappa shape index (κ2) is 6.59. The van der Waals surface area contributed by atoms with Gasteiger partial charge in [-0.05, 0) is 65.9 Å². The Morgan fingerprint density at radius 1 is 1.04 bits per heavy atom. The molecule has 0 bridgehead atoms. The van der Waals surface area contributed by atoms with Crippen LogP contribution in [0.5, 0.6) is 5.75 Å². The molecule has 0 fully saturated rings. The highest BCUT2D eigenvalue weighted by Gasteiger charge is 2.18. The minimum atomic E-state index is 0.660. The van der Waals surface area contributed by atoms with Gasteiger partial charge in [0.05, 0.1) is 22.5 Å². The molecule has 1 aromatic heterocycles. The molecule has 4 nitrogen and oxygen atoms in total. The topological polar surface area (TPSA) is 48.2 Å². The lowest BCUT2D eigenvalue weighted by Gasteiger charge is -2.06. The van der Waals surface area contributed by atoms with Gasteiger partial charge in [0.2, 0.25) is 5.13 Å². The highest BCUT2D eigenvalue weighted by atomic mass is 32.1. The van der Waals surface area contributed by atoms with Crippen LogP contribution in [0, 0.1) is 0 Å². The molecule has 0 saturated heterocycles. The van der Waals surface area contributed by atoms with Crippen molar-refractivity contribution >= 4 is 32.4 Å². The van der Waals surface area contributed by atoms with E-state index in [1.807, 2.05) is 25.1 Å². The van der Waals surface area contributed by atoms with Gasteiger partial charge in [-0.1, -0.05) is 41.7 Å². The third kappa shape index (κ3) is 3.00. The summed E-state index contributed by atoms with van der Waals surface area (Å²) in [5, 5.41) is 0.780. The van der Waals surface area contributed by atoms with Crippen molar-refractivity contribution in [2.24, 2.45) is 0 Å². The molecule has 0 amide bonds. The van der Waals surface area contributed by atoms with Crippen LogP contribution in [0.4, 0.5) is 10.8 Å². The van der Waals surface area contributed by atoms with Gasteiger partial charge in [0.25, 0.3) is 0 Å². The Morgan fingerprint density at radius 2 is 1.93 bits per heavy atom. The number of hydrogen-bond donors (Lipinski definition) is 1. The van der Waals surface area contributed by atoms with Crippen molar-refractivity contribution in [1.29, 1.82) is 0 Å². The lowest BCUT2D eigenvalue weighted by Crippen LogP contribution is -2.07. The van der Waals surface area contributed by atoms with E-state index in [1.54, 1.807) is 11.3 Å². The second-order valence-electron chi connectivity index (χ2n) is 6.48. The van der Waals surface area contributed by atoms with Gasteiger partial charge in [-0.3, -0.25) is 5.43 Å². The van der Waals surface area contributed by atoms with E-state index in [2.05, 4.69) is 58.3 Å². The van der Waals surface area contributed by atoms with Crippen LogP contribution in [0.1, 0.15) is 18.1 Å². The van der Waals surface area contributed by atoms with Gasteiger partial charge >= 0.3 is 0 Å². The lowest BCUT2D eigenvalue weighted by atomic mass is 10.1. The molecular formula is C22H18N3OS. The summed E-state index contributed by atoms with van der Waals surface area (Å²) in [5.74, 6) is 0.871. The second-order valence-corrected chi connectivity index (χ2v) is 7.51. The molecule has 0 spiro atoms. The highest BCUT2D eigenvalue weighted by Crippen LogP contribution is 2.37. The molecule has 133 valence electrons. The maximum absolute atomic E-state index is 5.56. The molecule has 1 heterocycles. The highest BCUT2D eigenvalue weighted by molar-refractivity contribution is 7.22. The zero-order valence-electron chi connectivity index (χ0n) is 14.9. The fraction of sp³-hybridized carbons (Fsp3) is 0.136. The number of nitrogens with zero attached hydrogens (tertiary/aromatic N) is 2. The number of nitrogens with one attached hydrogen (secondary N) is 1. The molecular weight excluding hydrogens is 354 g/mol. The normalized spacial score (nSPS) is 11.9. The zero-order chi connectivity index (χ0) is 18.2. The Morgan fingerprint density at radius 3 is 2.85 bits per heavy atom. The first-order valence-electron chi connectivity index (χ1n) is 9.01. The van der Waals surface area contributed by atoms with Gasteiger partial charge in [-0.25, -0.2) is 4.98 Å². The summed E-state index contributed by atoms with van der Waals surface area (Å²) in [6.45, 7) is 2.64. The molecule has 1 aliphatic carbocycles. The van der Waals surface area contributed by atoms with Crippen LogP contribution < -0.4 is 15.6 Å². The first kappa shape index (κ1) is 16.1.